The SMILES string of the molecule is CCCCCCCCC(CCCCCCc1cccc(F)c1)C(OCC)(OCC)OCC. The fourth-order valence-electron chi connectivity index (χ4n) is 4.52. The molecule has 0 aliphatic heterocycles. The Labute approximate surface area is 197 Å². The maximum absolute atomic E-state index is 13.3. The van der Waals surface area contributed by atoms with E-state index in [1.165, 1.54) is 51.0 Å². The molecule has 0 bridgehead atoms. The van der Waals surface area contributed by atoms with E-state index in [1.54, 1.807) is 12.1 Å². The number of ether oxygens (including phenoxy) is 3. The molecule has 1 aromatic carbocycles. The van der Waals surface area contributed by atoms with E-state index in [9.17, 15) is 4.39 Å². The second-order valence-corrected chi connectivity index (χ2v) is 8.74. The minimum Gasteiger partial charge on any atom is -0.328 e. The topological polar surface area (TPSA) is 27.7 Å². The van der Waals surface area contributed by atoms with Crippen LogP contribution in [0.3, 0.4) is 0 Å². The average Bonchev–Trinajstić information content (AvgIpc) is 2.77. The molecule has 4 heteroatoms. The van der Waals surface area contributed by atoms with Crippen molar-refractivity contribution in [2.75, 3.05) is 19.8 Å². The lowest BCUT2D eigenvalue weighted by atomic mass is 9.91. The van der Waals surface area contributed by atoms with Gasteiger partial charge in [-0.1, -0.05) is 76.8 Å². The second kappa shape index (κ2) is 18.5. The zero-order chi connectivity index (χ0) is 23.5. The van der Waals surface area contributed by atoms with Crippen molar-refractivity contribution in [1.29, 1.82) is 0 Å². The molecule has 0 radical (unpaired) electrons. The lowest BCUT2D eigenvalue weighted by Gasteiger charge is -2.39. The van der Waals surface area contributed by atoms with Crippen molar-refractivity contribution in [3.8, 4) is 0 Å². The Hall–Kier alpha value is -0.970. The molecule has 1 atom stereocenters. The van der Waals surface area contributed by atoms with Gasteiger partial charge in [-0.15, -0.1) is 0 Å². The molecular weight excluding hydrogens is 403 g/mol. The van der Waals surface area contributed by atoms with E-state index >= 15 is 0 Å². The van der Waals surface area contributed by atoms with Gasteiger partial charge in [0.05, 0.1) is 0 Å². The number of benzene rings is 1. The van der Waals surface area contributed by atoms with Gasteiger partial charge < -0.3 is 14.2 Å². The molecule has 0 saturated carbocycles. The van der Waals surface area contributed by atoms with Gasteiger partial charge in [0, 0.05) is 25.7 Å². The molecule has 0 saturated heterocycles. The molecule has 1 aromatic rings. The van der Waals surface area contributed by atoms with Crippen molar-refractivity contribution in [2.24, 2.45) is 5.92 Å². The molecule has 0 heterocycles. The van der Waals surface area contributed by atoms with Gasteiger partial charge in [0.2, 0.25) is 0 Å². The van der Waals surface area contributed by atoms with Crippen molar-refractivity contribution in [1.82, 2.24) is 0 Å². The van der Waals surface area contributed by atoms with Gasteiger partial charge in [-0.25, -0.2) is 4.39 Å². The highest BCUT2D eigenvalue weighted by Gasteiger charge is 2.41. The van der Waals surface area contributed by atoms with Crippen molar-refractivity contribution >= 4 is 0 Å². The third-order valence-electron chi connectivity index (χ3n) is 6.10. The van der Waals surface area contributed by atoms with Crippen LogP contribution in [-0.2, 0) is 20.6 Å². The first-order chi connectivity index (χ1) is 15.6. The maximum Gasteiger partial charge on any atom is 0.285 e. The zero-order valence-electron chi connectivity index (χ0n) is 21.3. The lowest BCUT2D eigenvalue weighted by molar-refractivity contribution is -0.403. The van der Waals surface area contributed by atoms with Crippen LogP contribution in [-0.4, -0.2) is 25.8 Å². The van der Waals surface area contributed by atoms with Gasteiger partial charge in [0.1, 0.15) is 5.82 Å². The van der Waals surface area contributed by atoms with Crippen molar-refractivity contribution < 1.29 is 18.6 Å². The molecule has 0 spiro atoms. The van der Waals surface area contributed by atoms with Crippen LogP contribution in [0.25, 0.3) is 0 Å². The Balaban J connectivity index is 2.55. The van der Waals surface area contributed by atoms with Crippen LogP contribution in [0, 0.1) is 11.7 Å². The van der Waals surface area contributed by atoms with Crippen LogP contribution in [0.4, 0.5) is 4.39 Å². The van der Waals surface area contributed by atoms with Crippen LogP contribution in [0.1, 0.15) is 110 Å². The summed E-state index contributed by atoms with van der Waals surface area (Å²) in [4.78, 5) is 0. The fraction of sp³-hybridized carbons (Fsp3) is 0.786. The average molecular weight is 453 g/mol. The molecule has 186 valence electrons. The lowest BCUT2D eigenvalue weighted by Crippen LogP contribution is -2.46. The highest BCUT2D eigenvalue weighted by molar-refractivity contribution is 5.16. The van der Waals surface area contributed by atoms with Gasteiger partial charge in [0.25, 0.3) is 5.97 Å². The quantitative estimate of drug-likeness (QED) is 0.138. The van der Waals surface area contributed by atoms with Gasteiger partial charge in [0.15, 0.2) is 0 Å². The predicted octanol–water partition coefficient (Wildman–Crippen LogP) is 8.45. The number of hydrogen-bond donors (Lipinski definition) is 0. The molecule has 1 rings (SSSR count). The summed E-state index contributed by atoms with van der Waals surface area (Å²) in [6.45, 7) is 10.1. The van der Waals surface area contributed by atoms with E-state index in [4.69, 9.17) is 14.2 Å². The van der Waals surface area contributed by atoms with Crippen LogP contribution in [0.2, 0.25) is 0 Å². The Morgan fingerprint density at radius 2 is 1.25 bits per heavy atom. The van der Waals surface area contributed by atoms with E-state index in [0.717, 1.165) is 44.1 Å². The summed E-state index contributed by atoms with van der Waals surface area (Å²) < 4.78 is 31.7. The number of halogens is 1. The third-order valence-corrected chi connectivity index (χ3v) is 6.10. The monoisotopic (exact) mass is 452 g/mol. The summed E-state index contributed by atoms with van der Waals surface area (Å²) in [5, 5.41) is 0. The van der Waals surface area contributed by atoms with Crippen molar-refractivity contribution in [3.63, 3.8) is 0 Å². The summed E-state index contributed by atoms with van der Waals surface area (Å²) in [6, 6.07) is 6.97. The molecule has 0 aliphatic rings. The second-order valence-electron chi connectivity index (χ2n) is 8.74. The Kier molecular flexibility index (Phi) is 16.8. The summed E-state index contributed by atoms with van der Waals surface area (Å²) in [5.74, 6) is -0.806. The Morgan fingerprint density at radius 1 is 0.719 bits per heavy atom. The molecule has 3 nitrogen and oxygen atoms in total. The maximum atomic E-state index is 13.3. The molecule has 0 N–H and O–H groups in total. The number of rotatable bonds is 21. The number of hydrogen-bond acceptors (Lipinski definition) is 3. The summed E-state index contributed by atoms with van der Waals surface area (Å²) >= 11 is 0. The molecule has 0 aromatic heterocycles. The highest BCUT2D eigenvalue weighted by Crippen LogP contribution is 2.34. The third kappa shape index (κ3) is 11.8. The van der Waals surface area contributed by atoms with E-state index in [0.29, 0.717) is 19.8 Å². The van der Waals surface area contributed by atoms with Gasteiger partial charge >= 0.3 is 0 Å². The Bertz CT molecular complexity index is 546. The van der Waals surface area contributed by atoms with Gasteiger partial charge in [-0.3, -0.25) is 0 Å². The normalized spacial score (nSPS) is 12.9. The molecule has 0 aliphatic carbocycles. The zero-order valence-corrected chi connectivity index (χ0v) is 21.3. The van der Waals surface area contributed by atoms with Crippen LogP contribution in [0.15, 0.2) is 24.3 Å². The molecule has 0 amide bonds. The van der Waals surface area contributed by atoms with Gasteiger partial charge in [-0.05, 0) is 64.2 Å². The smallest absolute Gasteiger partial charge is 0.285 e. The molecular formula is C28H49FO3. The van der Waals surface area contributed by atoms with Gasteiger partial charge in [-0.2, -0.15) is 0 Å². The van der Waals surface area contributed by atoms with Crippen LogP contribution < -0.4 is 0 Å². The number of unbranched alkanes of at least 4 members (excludes halogenated alkanes) is 8. The van der Waals surface area contributed by atoms with E-state index in [-0.39, 0.29) is 11.7 Å². The van der Waals surface area contributed by atoms with Crippen molar-refractivity contribution in [3.05, 3.63) is 35.6 Å². The predicted molar refractivity (Wildman–Crippen MR) is 132 cm³/mol. The first-order valence-corrected chi connectivity index (χ1v) is 13.3. The van der Waals surface area contributed by atoms with E-state index < -0.39 is 5.97 Å². The van der Waals surface area contributed by atoms with Crippen molar-refractivity contribution in [2.45, 2.75) is 117 Å². The minimum atomic E-state index is -0.913. The number of aryl methyl sites for hydroxylation is 1. The standard InChI is InChI=1S/C28H49FO3/c1-5-9-10-11-12-16-21-26(28(30-6-2,31-7-3)32-8-4)22-17-14-13-15-19-25-20-18-23-27(29)24-25/h18,20,23-24,26H,5-17,19,21-22H2,1-4H3. The highest BCUT2D eigenvalue weighted by atomic mass is 19.1. The summed E-state index contributed by atoms with van der Waals surface area (Å²) in [7, 11) is 0. The summed E-state index contributed by atoms with van der Waals surface area (Å²) in [5.41, 5.74) is 1.09. The van der Waals surface area contributed by atoms with E-state index in [2.05, 4.69) is 6.92 Å². The summed E-state index contributed by atoms with van der Waals surface area (Å²) in [6.07, 6.45) is 15.4. The first-order valence-electron chi connectivity index (χ1n) is 13.3. The molecule has 0 fully saturated rings. The fourth-order valence-corrected chi connectivity index (χ4v) is 4.52. The molecule has 1 unspecified atom stereocenters. The first kappa shape index (κ1) is 29.1. The van der Waals surface area contributed by atoms with Crippen LogP contribution in [0.5, 0.6) is 0 Å². The largest absolute Gasteiger partial charge is 0.328 e. The van der Waals surface area contributed by atoms with Crippen LogP contribution >= 0.6 is 0 Å². The minimum absolute atomic E-state index is 0.140. The Morgan fingerprint density at radius 3 is 1.78 bits per heavy atom. The molecule has 32 heavy (non-hydrogen) atoms. The van der Waals surface area contributed by atoms with E-state index in [1.807, 2.05) is 26.8 Å².